The van der Waals surface area contributed by atoms with E-state index in [2.05, 4.69) is 10.2 Å². The minimum absolute atomic E-state index is 0.327. The first-order chi connectivity index (χ1) is 6.40. The highest BCUT2D eigenvalue weighted by molar-refractivity contribution is 4.85. The summed E-state index contributed by atoms with van der Waals surface area (Å²) < 4.78 is 0. The van der Waals surface area contributed by atoms with Crippen LogP contribution in [0.4, 0.5) is 0 Å². The Labute approximate surface area is 80.1 Å². The molecule has 3 heteroatoms. The molecule has 2 rings (SSSR count). The standard InChI is InChI=1S/C10H20N2O/c13-6-3-10-7-11-4-5-12(10)8-9-1-2-9/h9-11,13H,1-8H2. The Bertz CT molecular complexity index is 157. The third-order valence-electron chi connectivity index (χ3n) is 3.12. The number of hydrogen-bond acceptors (Lipinski definition) is 3. The molecule has 1 saturated heterocycles. The van der Waals surface area contributed by atoms with E-state index in [1.54, 1.807) is 0 Å². The number of piperazine rings is 1. The van der Waals surface area contributed by atoms with Gasteiger partial charge < -0.3 is 10.4 Å². The zero-order valence-electron chi connectivity index (χ0n) is 8.21. The van der Waals surface area contributed by atoms with E-state index in [1.807, 2.05) is 0 Å². The van der Waals surface area contributed by atoms with E-state index < -0.39 is 0 Å². The smallest absolute Gasteiger partial charge is 0.0446 e. The fraction of sp³-hybridized carbons (Fsp3) is 1.00. The van der Waals surface area contributed by atoms with Crippen LogP contribution in [-0.4, -0.2) is 48.8 Å². The molecule has 0 bridgehead atoms. The van der Waals surface area contributed by atoms with Crippen molar-refractivity contribution >= 4 is 0 Å². The van der Waals surface area contributed by atoms with Gasteiger partial charge in [0, 0.05) is 38.8 Å². The van der Waals surface area contributed by atoms with Crippen molar-refractivity contribution in [2.75, 3.05) is 32.8 Å². The van der Waals surface area contributed by atoms with E-state index in [4.69, 9.17) is 5.11 Å². The molecule has 0 aromatic heterocycles. The SMILES string of the molecule is OCCC1CNCCN1CC1CC1. The Morgan fingerprint density at radius 1 is 1.38 bits per heavy atom. The van der Waals surface area contributed by atoms with Gasteiger partial charge in [-0.3, -0.25) is 4.90 Å². The van der Waals surface area contributed by atoms with Gasteiger partial charge in [0.05, 0.1) is 0 Å². The molecular weight excluding hydrogens is 164 g/mol. The monoisotopic (exact) mass is 184 g/mol. The molecule has 2 fully saturated rings. The fourth-order valence-electron chi connectivity index (χ4n) is 2.11. The Balaban J connectivity index is 1.79. The van der Waals surface area contributed by atoms with Gasteiger partial charge in [0.2, 0.25) is 0 Å². The van der Waals surface area contributed by atoms with Crippen LogP contribution >= 0.6 is 0 Å². The minimum atomic E-state index is 0.327. The van der Waals surface area contributed by atoms with Crippen LogP contribution in [0.1, 0.15) is 19.3 Å². The predicted molar refractivity (Wildman–Crippen MR) is 52.7 cm³/mol. The first-order valence-corrected chi connectivity index (χ1v) is 5.46. The largest absolute Gasteiger partial charge is 0.396 e. The van der Waals surface area contributed by atoms with Crippen molar-refractivity contribution in [3.05, 3.63) is 0 Å². The van der Waals surface area contributed by atoms with E-state index in [1.165, 1.54) is 25.9 Å². The molecule has 13 heavy (non-hydrogen) atoms. The molecule has 2 N–H and O–H groups in total. The second-order valence-electron chi connectivity index (χ2n) is 4.31. The van der Waals surface area contributed by atoms with Gasteiger partial charge in [0.1, 0.15) is 0 Å². The summed E-state index contributed by atoms with van der Waals surface area (Å²) in [6, 6.07) is 0.583. The molecule has 0 radical (unpaired) electrons. The van der Waals surface area contributed by atoms with E-state index in [0.717, 1.165) is 25.4 Å². The Kier molecular flexibility index (Phi) is 3.19. The first-order valence-electron chi connectivity index (χ1n) is 5.46. The lowest BCUT2D eigenvalue weighted by atomic mass is 10.1. The van der Waals surface area contributed by atoms with Gasteiger partial charge in [0.15, 0.2) is 0 Å². The van der Waals surface area contributed by atoms with Crippen molar-refractivity contribution in [3.63, 3.8) is 0 Å². The third-order valence-corrected chi connectivity index (χ3v) is 3.12. The van der Waals surface area contributed by atoms with E-state index in [0.29, 0.717) is 12.6 Å². The van der Waals surface area contributed by atoms with E-state index in [-0.39, 0.29) is 0 Å². The van der Waals surface area contributed by atoms with Crippen LogP contribution in [0.2, 0.25) is 0 Å². The van der Waals surface area contributed by atoms with E-state index >= 15 is 0 Å². The van der Waals surface area contributed by atoms with Crippen molar-refractivity contribution in [2.45, 2.75) is 25.3 Å². The summed E-state index contributed by atoms with van der Waals surface area (Å²) in [6.45, 7) is 4.95. The Hall–Kier alpha value is -0.120. The maximum Gasteiger partial charge on any atom is 0.0446 e. The van der Waals surface area contributed by atoms with E-state index in [9.17, 15) is 0 Å². The highest BCUT2D eigenvalue weighted by Crippen LogP contribution is 2.30. The molecule has 1 aliphatic carbocycles. The Morgan fingerprint density at radius 2 is 2.23 bits per heavy atom. The zero-order valence-corrected chi connectivity index (χ0v) is 8.21. The molecule has 76 valence electrons. The van der Waals surface area contributed by atoms with Gasteiger partial charge >= 0.3 is 0 Å². The van der Waals surface area contributed by atoms with Crippen molar-refractivity contribution in [3.8, 4) is 0 Å². The molecule has 0 aromatic rings. The molecule has 0 aromatic carbocycles. The van der Waals surface area contributed by atoms with Crippen molar-refractivity contribution in [1.29, 1.82) is 0 Å². The van der Waals surface area contributed by atoms with Crippen LogP contribution in [0.5, 0.6) is 0 Å². The summed E-state index contributed by atoms with van der Waals surface area (Å²) in [6.07, 6.45) is 3.78. The maximum absolute atomic E-state index is 8.93. The van der Waals surface area contributed by atoms with Gasteiger partial charge in [-0.25, -0.2) is 0 Å². The summed E-state index contributed by atoms with van der Waals surface area (Å²) in [7, 11) is 0. The number of aliphatic hydroxyl groups is 1. The summed E-state index contributed by atoms with van der Waals surface area (Å²) in [5.41, 5.74) is 0. The molecule has 2 aliphatic rings. The highest BCUT2D eigenvalue weighted by atomic mass is 16.3. The number of aliphatic hydroxyl groups excluding tert-OH is 1. The molecule has 0 spiro atoms. The van der Waals surface area contributed by atoms with Crippen LogP contribution < -0.4 is 5.32 Å². The van der Waals surface area contributed by atoms with Gasteiger partial charge in [-0.15, -0.1) is 0 Å². The first kappa shape index (κ1) is 9.44. The molecular formula is C10H20N2O. The van der Waals surface area contributed by atoms with Gasteiger partial charge in [-0.1, -0.05) is 0 Å². The van der Waals surface area contributed by atoms with Crippen LogP contribution in [0.3, 0.4) is 0 Å². The molecule has 0 amide bonds. The zero-order chi connectivity index (χ0) is 9.10. The molecule has 1 unspecified atom stereocenters. The minimum Gasteiger partial charge on any atom is -0.396 e. The van der Waals surface area contributed by atoms with Crippen molar-refractivity contribution in [2.24, 2.45) is 5.92 Å². The lowest BCUT2D eigenvalue weighted by molar-refractivity contribution is 0.125. The topological polar surface area (TPSA) is 35.5 Å². The molecule has 1 aliphatic heterocycles. The lowest BCUT2D eigenvalue weighted by Crippen LogP contribution is -2.52. The van der Waals surface area contributed by atoms with Crippen LogP contribution in [0, 0.1) is 5.92 Å². The molecule has 3 nitrogen and oxygen atoms in total. The maximum atomic E-state index is 8.93. The number of nitrogens with one attached hydrogen (secondary N) is 1. The highest BCUT2D eigenvalue weighted by Gasteiger charge is 2.29. The summed E-state index contributed by atoms with van der Waals surface area (Å²) in [5.74, 6) is 0.972. The van der Waals surface area contributed by atoms with Crippen molar-refractivity contribution in [1.82, 2.24) is 10.2 Å². The van der Waals surface area contributed by atoms with Gasteiger partial charge in [-0.2, -0.15) is 0 Å². The second kappa shape index (κ2) is 4.40. The van der Waals surface area contributed by atoms with Gasteiger partial charge in [0.25, 0.3) is 0 Å². The second-order valence-corrected chi connectivity index (χ2v) is 4.31. The number of nitrogens with zero attached hydrogens (tertiary/aromatic N) is 1. The van der Waals surface area contributed by atoms with Crippen LogP contribution in [0.25, 0.3) is 0 Å². The average molecular weight is 184 g/mol. The molecule has 1 heterocycles. The quantitative estimate of drug-likeness (QED) is 0.648. The fourth-order valence-corrected chi connectivity index (χ4v) is 2.11. The summed E-state index contributed by atoms with van der Waals surface area (Å²) in [4.78, 5) is 2.56. The molecule has 1 saturated carbocycles. The molecule has 1 atom stereocenters. The summed E-state index contributed by atoms with van der Waals surface area (Å²) >= 11 is 0. The average Bonchev–Trinajstić information content (AvgIpc) is 2.93. The van der Waals surface area contributed by atoms with Gasteiger partial charge in [-0.05, 0) is 25.2 Å². The lowest BCUT2D eigenvalue weighted by Gasteiger charge is -2.36. The van der Waals surface area contributed by atoms with Crippen LogP contribution in [-0.2, 0) is 0 Å². The van der Waals surface area contributed by atoms with Crippen LogP contribution in [0.15, 0.2) is 0 Å². The third kappa shape index (κ3) is 2.66. The normalized spacial score (nSPS) is 30.7. The Morgan fingerprint density at radius 3 is 2.92 bits per heavy atom. The predicted octanol–water partition coefficient (Wildman–Crippen LogP) is 0.0526. The number of hydrogen-bond donors (Lipinski definition) is 2. The number of rotatable bonds is 4. The summed E-state index contributed by atoms with van der Waals surface area (Å²) in [5, 5.41) is 12.3. The van der Waals surface area contributed by atoms with Crippen molar-refractivity contribution < 1.29 is 5.11 Å².